The number of carbonyl (C=O) groups is 1. The third kappa shape index (κ3) is 5.35. The van der Waals surface area contributed by atoms with E-state index in [2.05, 4.69) is 16.8 Å². The number of hydrogen-bond acceptors (Lipinski definition) is 4. The number of rotatable bonds is 7. The van der Waals surface area contributed by atoms with E-state index in [9.17, 15) is 4.79 Å². The zero-order chi connectivity index (χ0) is 19.9. The van der Waals surface area contributed by atoms with Gasteiger partial charge in [0.2, 0.25) is 0 Å². The van der Waals surface area contributed by atoms with Gasteiger partial charge in [-0.25, -0.2) is 4.98 Å². The fraction of sp³-hybridized carbons (Fsp3) is 0.182. The molecule has 0 saturated carbocycles. The SMILES string of the molecule is CC#CC(CC(=O)O)c1ccc(OCc2csc(-c3ccc(Cl)cc3)n2)cc1. The third-order valence-electron chi connectivity index (χ3n) is 4.01. The van der Waals surface area contributed by atoms with E-state index in [0.717, 1.165) is 21.8 Å². The lowest BCUT2D eigenvalue weighted by molar-refractivity contribution is -0.137. The average Bonchev–Trinajstić information content (AvgIpc) is 3.16. The fourth-order valence-corrected chi connectivity index (χ4v) is 3.59. The molecule has 0 spiro atoms. The molecule has 3 aromatic rings. The van der Waals surface area contributed by atoms with Crippen molar-refractivity contribution in [2.24, 2.45) is 0 Å². The van der Waals surface area contributed by atoms with Crippen LogP contribution >= 0.6 is 22.9 Å². The largest absolute Gasteiger partial charge is 0.487 e. The van der Waals surface area contributed by atoms with E-state index >= 15 is 0 Å². The number of halogens is 1. The van der Waals surface area contributed by atoms with Gasteiger partial charge in [0.05, 0.1) is 18.0 Å². The van der Waals surface area contributed by atoms with Crippen molar-refractivity contribution in [3.8, 4) is 28.2 Å². The average molecular weight is 412 g/mol. The number of hydrogen-bond donors (Lipinski definition) is 1. The standard InChI is InChI=1S/C22H18ClNO3S/c1-2-3-17(12-21(25)26)15-6-10-20(11-7-15)27-13-19-14-28-22(24-19)16-4-8-18(23)9-5-16/h4-11,14,17H,12-13H2,1H3,(H,25,26). The van der Waals surface area contributed by atoms with Gasteiger partial charge in [-0.05, 0) is 36.8 Å². The molecule has 0 bridgehead atoms. The van der Waals surface area contributed by atoms with Crippen molar-refractivity contribution in [2.75, 3.05) is 0 Å². The zero-order valence-corrected chi connectivity index (χ0v) is 16.8. The van der Waals surface area contributed by atoms with Gasteiger partial charge in [-0.15, -0.1) is 17.3 Å². The van der Waals surface area contributed by atoms with Crippen molar-refractivity contribution in [1.82, 2.24) is 4.98 Å². The highest BCUT2D eigenvalue weighted by atomic mass is 35.5. The quantitative estimate of drug-likeness (QED) is 0.512. The summed E-state index contributed by atoms with van der Waals surface area (Å²) in [4.78, 5) is 15.6. The Morgan fingerprint density at radius 2 is 1.93 bits per heavy atom. The molecule has 1 N–H and O–H groups in total. The Labute approximate surface area is 172 Å². The molecule has 6 heteroatoms. The van der Waals surface area contributed by atoms with Crippen molar-refractivity contribution in [2.45, 2.75) is 25.9 Å². The van der Waals surface area contributed by atoms with Gasteiger partial charge in [0.25, 0.3) is 0 Å². The van der Waals surface area contributed by atoms with Gasteiger partial charge in [0, 0.05) is 16.0 Å². The highest BCUT2D eigenvalue weighted by molar-refractivity contribution is 7.13. The van der Waals surface area contributed by atoms with Crippen molar-refractivity contribution in [3.05, 3.63) is 70.2 Å². The molecule has 28 heavy (non-hydrogen) atoms. The number of nitrogens with zero attached hydrogens (tertiary/aromatic N) is 1. The topological polar surface area (TPSA) is 59.4 Å². The normalized spacial score (nSPS) is 11.4. The lowest BCUT2D eigenvalue weighted by Gasteiger charge is -2.10. The summed E-state index contributed by atoms with van der Waals surface area (Å²) < 4.78 is 5.81. The van der Waals surface area contributed by atoms with Gasteiger partial charge < -0.3 is 9.84 Å². The summed E-state index contributed by atoms with van der Waals surface area (Å²) in [7, 11) is 0. The van der Waals surface area contributed by atoms with Crippen LogP contribution in [0, 0.1) is 11.8 Å². The molecular weight excluding hydrogens is 394 g/mol. The van der Waals surface area contributed by atoms with Crippen LogP contribution < -0.4 is 4.74 Å². The molecule has 0 saturated heterocycles. The first-order chi connectivity index (χ1) is 13.5. The maximum absolute atomic E-state index is 11.0. The van der Waals surface area contributed by atoms with Crippen LogP contribution in [0.3, 0.4) is 0 Å². The van der Waals surface area contributed by atoms with Crippen LogP contribution in [0.25, 0.3) is 10.6 Å². The van der Waals surface area contributed by atoms with E-state index in [1.165, 1.54) is 0 Å². The second-order valence-electron chi connectivity index (χ2n) is 6.05. The highest BCUT2D eigenvalue weighted by Gasteiger charge is 2.13. The predicted molar refractivity (Wildman–Crippen MR) is 112 cm³/mol. The van der Waals surface area contributed by atoms with Crippen molar-refractivity contribution < 1.29 is 14.6 Å². The number of aromatic nitrogens is 1. The van der Waals surface area contributed by atoms with Crippen LogP contribution in [0.4, 0.5) is 0 Å². The minimum Gasteiger partial charge on any atom is -0.487 e. The van der Waals surface area contributed by atoms with E-state index in [1.54, 1.807) is 18.3 Å². The number of ether oxygens (including phenoxy) is 1. The first kappa shape index (κ1) is 19.9. The summed E-state index contributed by atoms with van der Waals surface area (Å²) in [6.45, 7) is 2.06. The summed E-state index contributed by atoms with van der Waals surface area (Å²) in [6, 6.07) is 14.9. The molecule has 2 aromatic carbocycles. The summed E-state index contributed by atoms with van der Waals surface area (Å²) in [6.07, 6.45) is -0.0205. The van der Waals surface area contributed by atoms with Gasteiger partial charge in [0.1, 0.15) is 17.4 Å². The fourth-order valence-electron chi connectivity index (χ4n) is 2.65. The van der Waals surface area contributed by atoms with Gasteiger partial charge in [-0.3, -0.25) is 4.79 Å². The molecule has 0 amide bonds. The maximum Gasteiger partial charge on any atom is 0.304 e. The molecule has 0 radical (unpaired) electrons. The van der Waals surface area contributed by atoms with Gasteiger partial charge in [-0.2, -0.15) is 0 Å². The molecule has 4 nitrogen and oxygen atoms in total. The Morgan fingerprint density at radius 3 is 2.57 bits per heavy atom. The number of carboxylic acid groups (broad SMARTS) is 1. The Hall–Kier alpha value is -2.81. The molecule has 0 aliphatic rings. The molecular formula is C22H18ClNO3S. The second-order valence-corrected chi connectivity index (χ2v) is 7.35. The van der Waals surface area contributed by atoms with E-state index in [4.69, 9.17) is 21.4 Å². The van der Waals surface area contributed by atoms with Crippen molar-refractivity contribution in [3.63, 3.8) is 0 Å². The molecule has 0 fully saturated rings. The number of benzene rings is 2. The second kappa shape index (κ2) is 9.41. The first-order valence-electron chi connectivity index (χ1n) is 8.62. The maximum atomic E-state index is 11.0. The minimum absolute atomic E-state index is 0.0205. The molecule has 1 unspecified atom stereocenters. The van der Waals surface area contributed by atoms with Crippen LogP contribution in [-0.4, -0.2) is 16.1 Å². The summed E-state index contributed by atoms with van der Waals surface area (Å²) >= 11 is 7.48. The molecule has 142 valence electrons. The van der Waals surface area contributed by atoms with E-state index in [1.807, 2.05) is 53.9 Å². The third-order valence-corrected chi connectivity index (χ3v) is 5.20. The van der Waals surface area contributed by atoms with Gasteiger partial charge in [-0.1, -0.05) is 41.8 Å². The molecule has 0 aliphatic heterocycles. The van der Waals surface area contributed by atoms with Crippen LogP contribution in [0.5, 0.6) is 5.75 Å². The Balaban J connectivity index is 1.62. The molecule has 1 heterocycles. The smallest absolute Gasteiger partial charge is 0.304 e. The zero-order valence-electron chi connectivity index (χ0n) is 15.2. The summed E-state index contributed by atoms with van der Waals surface area (Å²) in [5, 5.41) is 12.6. The Morgan fingerprint density at radius 1 is 1.21 bits per heavy atom. The number of thiazole rings is 1. The van der Waals surface area contributed by atoms with Crippen molar-refractivity contribution >= 4 is 28.9 Å². The van der Waals surface area contributed by atoms with Crippen molar-refractivity contribution in [1.29, 1.82) is 0 Å². The molecule has 1 atom stereocenters. The monoisotopic (exact) mass is 411 g/mol. The Kier molecular flexibility index (Phi) is 6.70. The highest BCUT2D eigenvalue weighted by Crippen LogP contribution is 2.26. The van der Waals surface area contributed by atoms with E-state index < -0.39 is 5.97 Å². The van der Waals surface area contributed by atoms with E-state index in [0.29, 0.717) is 17.4 Å². The number of aliphatic carboxylic acids is 1. The number of carboxylic acids is 1. The van der Waals surface area contributed by atoms with Crippen LogP contribution in [0.2, 0.25) is 5.02 Å². The van der Waals surface area contributed by atoms with Crippen LogP contribution in [0.15, 0.2) is 53.9 Å². The van der Waals surface area contributed by atoms with E-state index in [-0.39, 0.29) is 12.3 Å². The predicted octanol–water partition coefficient (Wildman–Crippen LogP) is 5.62. The minimum atomic E-state index is -0.867. The lowest BCUT2D eigenvalue weighted by Crippen LogP contribution is -2.04. The Bertz CT molecular complexity index is 1000. The molecule has 3 rings (SSSR count). The summed E-state index contributed by atoms with van der Waals surface area (Å²) in [5.74, 6) is 5.24. The molecule has 0 aliphatic carbocycles. The van der Waals surface area contributed by atoms with Gasteiger partial charge in [0.15, 0.2) is 0 Å². The first-order valence-corrected chi connectivity index (χ1v) is 9.88. The lowest BCUT2D eigenvalue weighted by atomic mass is 9.96. The van der Waals surface area contributed by atoms with Crippen LogP contribution in [0.1, 0.15) is 30.5 Å². The van der Waals surface area contributed by atoms with Crippen LogP contribution in [-0.2, 0) is 11.4 Å². The summed E-state index contributed by atoms with van der Waals surface area (Å²) in [5.41, 5.74) is 2.73. The molecule has 1 aromatic heterocycles. The van der Waals surface area contributed by atoms with Gasteiger partial charge >= 0.3 is 5.97 Å².